The van der Waals surface area contributed by atoms with Crippen molar-refractivity contribution in [2.75, 3.05) is 0 Å². The van der Waals surface area contributed by atoms with Crippen LogP contribution in [-0.4, -0.2) is 28.7 Å². The highest BCUT2D eigenvalue weighted by Crippen LogP contribution is 2.30. The summed E-state index contributed by atoms with van der Waals surface area (Å²) in [5, 5.41) is 9.22. The van der Waals surface area contributed by atoms with Crippen LogP contribution in [0.3, 0.4) is 0 Å². The van der Waals surface area contributed by atoms with Gasteiger partial charge in [-0.25, -0.2) is 19.3 Å². The quantitative estimate of drug-likeness (QED) is 0.339. The molecule has 36 heavy (non-hydrogen) atoms. The lowest BCUT2D eigenvalue weighted by Gasteiger charge is -2.13. The number of nitrogens with one attached hydrogen (secondary N) is 1. The average molecular weight is 504 g/mol. The van der Waals surface area contributed by atoms with Gasteiger partial charge in [-0.05, 0) is 36.1 Å². The van der Waals surface area contributed by atoms with E-state index in [9.17, 15) is 4.39 Å². The topological polar surface area (TPSA) is 77.3 Å². The fraction of sp³-hybridized carbons (Fsp3) is 0.259. The molecule has 5 rings (SSSR count). The molecule has 3 heterocycles. The highest BCUT2D eigenvalue weighted by Gasteiger charge is 2.19. The number of rotatable bonds is 5. The van der Waals surface area contributed by atoms with Crippen LogP contribution in [0.5, 0.6) is 0 Å². The van der Waals surface area contributed by atoms with Crippen molar-refractivity contribution in [2.45, 2.75) is 33.2 Å². The van der Waals surface area contributed by atoms with E-state index in [1.807, 2.05) is 54.4 Å². The first-order chi connectivity index (χ1) is 17.1. The molecule has 0 spiro atoms. The summed E-state index contributed by atoms with van der Waals surface area (Å²) in [5.41, 5.74) is 6.10. The van der Waals surface area contributed by atoms with E-state index in [1.54, 1.807) is 16.8 Å². The molecule has 5 aromatic rings. The number of nitrogens with zero attached hydrogens (tertiary/aromatic N) is 6. The van der Waals surface area contributed by atoms with Gasteiger partial charge >= 0.3 is 0 Å². The van der Waals surface area contributed by atoms with Gasteiger partial charge in [-0.3, -0.25) is 9.98 Å². The van der Waals surface area contributed by atoms with Gasteiger partial charge in [-0.2, -0.15) is 0 Å². The van der Waals surface area contributed by atoms with Crippen molar-refractivity contribution in [1.82, 2.24) is 28.7 Å². The molecular formula is C27H27ClFN7. The molecule has 0 saturated carbocycles. The van der Waals surface area contributed by atoms with Gasteiger partial charge in [0.1, 0.15) is 22.3 Å². The predicted molar refractivity (Wildman–Crippen MR) is 139 cm³/mol. The number of benzene rings is 2. The van der Waals surface area contributed by atoms with Crippen molar-refractivity contribution in [2.24, 2.45) is 14.1 Å². The molecule has 0 unspecified atom stereocenters. The predicted octanol–water partition coefficient (Wildman–Crippen LogP) is 5.59. The van der Waals surface area contributed by atoms with Crippen molar-refractivity contribution in [1.29, 1.82) is 5.41 Å². The van der Waals surface area contributed by atoms with Crippen LogP contribution in [0, 0.1) is 18.2 Å². The lowest BCUT2D eigenvalue weighted by Crippen LogP contribution is -2.23. The molecule has 2 aromatic carbocycles. The Balaban J connectivity index is 1.60. The largest absolute Gasteiger partial charge is 0.332 e. The zero-order chi connectivity index (χ0) is 25.7. The van der Waals surface area contributed by atoms with E-state index in [0.717, 1.165) is 33.7 Å². The Morgan fingerprint density at radius 2 is 1.75 bits per heavy atom. The molecule has 0 fully saturated rings. The lowest BCUT2D eigenvalue weighted by atomic mass is 9.96. The Kier molecular flexibility index (Phi) is 6.00. The Morgan fingerprint density at radius 3 is 2.39 bits per heavy atom. The van der Waals surface area contributed by atoms with Crippen molar-refractivity contribution in [3.8, 4) is 22.8 Å². The Labute approximate surface area is 213 Å². The number of halogens is 2. The molecule has 9 heteroatoms. The summed E-state index contributed by atoms with van der Waals surface area (Å²) in [6.45, 7) is 6.48. The van der Waals surface area contributed by atoms with E-state index in [1.165, 1.54) is 12.1 Å². The van der Waals surface area contributed by atoms with E-state index >= 15 is 0 Å². The van der Waals surface area contributed by atoms with Crippen molar-refractivity contribution in [3.05, 3.63) is 82.1 Å². The summed E-state index contributed by atoms with van der Waals surface area (Å²) in [4.78, 5) is 14.0. The molecule has 0 amide bonds. The monoisotopic (exact) mass is 503 g/mol. The van der Waals surface area contributed by atoms with E-state index in [4.69, 9.17) is 27.0 Å². The van der Waals surface area contributed by atoms with Crippen LogP contribution in [0.25, 0.3) is 33.9 Å². The first-order valence-electron chi connectivity index (χ1n) is 11.7. The highest BCUT2D eigenvalue weighted by molar-refractivity contribution is 6.29. The number of aromatic nitrogens is 6. The number of fused-ring (bicyclic) bond motifs is 1. The Bertz CT molecular complexity index is 1660. The molecule has 184 valence electrons. The maximum Gasteiger partial charge on any atom is 0.204 e. The van der Waals surface area contributed by atoms with E-state index in [-0.39, 0.29) is 11.7 Å². The summed E-state index contributed by atoms with van der Waals surface area (Å²) >= 11 is 6.04. The van der Waals surface area contributed by atoms with Gasteiger partial charge in [0.15, 0.2) is 11.5 Å². The first-order valence-corrected chi connectivity index (χ1v) is 12.1. The highest BCUT2D eigenvalue weighted by atomic mass is 35.5. The molecule has 0 aliphatic carbocycles. The number of imidazole rings is 2. The second kappa shape index (κ2) is 9.02. The van der Waals surface area contributed by atoms with Crippen LogP contribution in [0.2, 0.25) is 5.15 Å². The van der Waals surface area contributed by atoms with Gasteiger partial charge in [0, 0.05) is 31.4 Å². The van der Waals surface area contributed by atoms with Gasteiger partial charge in [-0.1, -0.05) is 55.8 Å². The number of aryl methyl sites for hydroxylation is 3. The second-order valence-corrected chi connectivity index (χ2v) is 9.74. The molecule has 0 aliphatic rings. The van der Waals surface area contributed by atoms with E-state index in [2.05, 4.69) is 18.8 Å². The number of hydrogen-bond acceptors (Lipinski definition) is 4. The zero-order valence-corrected chi connectivity index (χ0v) is 21.6. The van der Waals surface area contributed by atoms with E-state index in [0.29, 0.717) is 34.4 Å². The standard InChI is InChI=1S/C27H27ClFN7/c1-15(2)20-11-10-19(29)12-21(20)24-31-16(3)23-26(33-24)36(27(30)35(23)5)13-17-6-8-18(9-7-17)25-32-22(28)14-34(25)4/h6-12,14-15,30H,13H2,1-5H3. The van der Waals surface area contributed by atoms with Crippen LogP contribution < -0.4 is 5.62 Å². The third-order valence-electron chi connectivity index (χ3n) is 6.48. The SMILES string of the molecule is Cc1nc(-c2cc(F)ccc2C(C)C)nc2c1n(C)c(=N)n2Cc1ccc(-c2nc(Cl)cn2C)cc1. The molecule has 7 nitrogen and oxygen atoms in total. The minimum absolute atomic E-state index is 0.182. The summed E-state index contributed by atoms with van der Waals surface area (Å²) < 4.78 is 19.7. The smallest absolute Gasteiger partial charge is 0.204 e. The van der Waals surface area contributed by atoms with Gasteiger partial charge in [0.2, 0.25) is 5.62 Å². The zero-order valence-electron chi connectivity index (χ0n) is 20.8. The van der Waals surface area contributed by atoms with Crippen molar-refractivity contribution >= 4 is 22.8 Å². The van der Waals surface area contributed by atoms with Gasteiger partial charge < -0.3 is 9.13 Å². The Hall–Kier alpha value is -3.78. The van der Waals surface area contributed by atoms with E-state index < -0.39 is 0 Å². The Morgan fingerprint density at radius 1 is 1.03 bits per heavy atom. The van der Waals surface area contributed by atoms with Gasteiger partial charge in [-0.15, -0.1) is 0 Å². The molecule has 1 N–H and O–H groups in total. The number of hydrogen-bond donors (Lipinski definition) is 1. The van der Waals surface area contributed by atoms with Crippen molar-refractivity contribution in [3.63, 3.8) is 0 Å². The molecule has 0 bridgehead atoms. The molecule has 3 aromatic heterocycles. The average Bonchev–Trinajstić information content (AvgIpc) is 3.30. The normalized spacial score (nSPS) is 11.7. The maximum atomic E-state index is 14.2. The van der Waals surface area contributed by atoms with Gasteiger partial charge in [0.05, 0.1) is 12.2 Å². The van der Waals surface area contributed by atoms with Crippen LogP contribution in [0.15, 0.2) is 48.7 Å². The summed E-state index contributed by atoms with van der Waals surface area (Å²) in [7, 11) is 3.75. The van der Waals surface area contributed by atoms with Crippen LogP contribution in [-0.2, 0) is 20.6 Å². The molecule has 0 aliphatic heterocycles. The third-order valence-corrected chi connectivity index (χ3v) is 6.66. The summed E-state index contributed by atoms with van der Waals surface area (Å²) in [5.74, 6) is 1.10. The molecular weight excluding hydrogens is 477 g/mol. The minimum Gasteiger partial charge on any atom is -0.332 e. The summed E-state index contributed by atoms with van der Waals surface area (Å²) in [6, 6.07) is 12.8. The minimum atomic E-state index is -0.327. The van der Waals surface area contributed by atoms with Crippen molar-refractivity contribution < 1.29 is 4.39 Å². The second-order valence-electron chi connectivity index (χ2n) is 9.35. The van der Waals surface area contributed by atoms with Crippen LogP contribution in [0.4, 0.5) is 4.39 Å². The molecule has 0 saturated heterocycles. The summed E-state index contributed by atoms with van der Waals surface area (Å²) in [6.07, 6.45) is 1.77. The maximum absolute atomic E-state index is 14.2. The third kappa shape index (κ3) is 4.11. The first kappa shape index (κ1) is 23.9. The fourth-order valence-corrected chi connectivity index (χ4v) is 4.88. The van der Waals surface area contributed by atoms with Crippen LogP contribution >= 0.6 is 11.6 Å². The molecule has 0 atom stereocenters. The fourth-order valence-electron chi connectivity index (χ4n) is 4.66. The lowest BCUT2D eigenvalue weighted by molar-refractivity contribution is 0.626. The molecule has 0 radical (unpaired) electrons. The van der Waals surface area contributed by atoms with Gasteiger partial charge in [0.25, 0.3) is 0 Å². The van der Waals surface area contributed by atoms with Crippen LogP contribution in [0.1, 0.15) is 36.6 Å².